The molecule has 0 aliphatic heterocycles. The largest absolute Gasteiger partial charge is 0.492 e. The molecule has 0 heterocycles. The van der Waals surface area contributed by atoms with Crippen molar-refractivity contribution >= 4 is 27.5 Å². The third-order valence-electron chi connectivity index (χ3n) is 5.24. The number of carbonyl (C=O) groups is 2. The van der Waals surface area contributed by atoms with Crippen molar-refractivity contribution in [1.82, 2.24) is 10.2 Å². The smallest absolute Gasteiger partial charge is 0.244 e. The zero-order valence-corrected chi connectivity index (χ0v) is 21.2. The Labute approximate surface area is 202 Å². The highest BCUT2D eigenvalue weighted by Gasteiger charge is 2.32. The third kappa shape index (κ3) is 7.48. The summed E-state index contributed by atoms with van der Waals surface area (Å²) in [6.45, 7) is 6.16. The van der Waals surface area contributed by atoms with Crippen molar-refractivity contribution in [1.29, 1.82) is 0 Å². The van der Waals surface area contributed by atoms with Crippen LogP contribution in [0.25, 0.3) is 0 Å². The fourth-order valence-corrected chi connectivity index (χ4v) is 4.45. The van der Waals surface area contributed by atoms with Crippen molar-refractivity contribution in [3.8, 4) is 5.75 Å². The van der Waals surface area contributed by atoms with Crippen molar-refractivity contribution in [3.05, 3.63) is 60.2 Å². The standard InChI is InChI=1S/C25H35N3O5S/c1-5-17-26-25(30)21(6-2)27(18-20-13-9-8-10-14-20)24(29)19-28(34(4,31)32)22-15-11-12-16-23(22)33-7-3/h8-16,21H,5-7,17-19H2,1-4H3,(H,26,30)/t21-/m0/s1. The Morgan fingerprint density at radius 3 is 2.24 bits per heavy atom. The minimum absolute atomic E-state index is 0.183. The highest BCUT2D eigenvalue weighted by atomic mass is 32.2. The van der Waals surface area contributed by atoms with Crippen LogP contribution in [0.4, 0.5) is 5.69 Å². The number of nitrogens with zero attached hydrogens (tertiary/aromatic N) is 2. The molecule has 34 heavy (non-hydrogen) atoms. The fraction of sp³-hybridized carbons (Fsp3) is 0.440. The molecule has 0 aliphatic rings. The van der Waals surface area contributed by atoms with Crippen molar-refractivity contribution in [2.45, 2.75) is 46.2 Å². The summed E-state index contributed by atoms with van der Waals surface area (Å²) in [5.74, 6) is -0.362. The Morgan fingerprint density at radius 1 is 1.00 bits per heavy atom. The second-order valence-corrected chi connectivity index (χ2v) is 9.80. The molecule has 0 aliphatic carbocycles. The normalized spacial score (nSPS) is 12.0. The van der Waals surface area contributed by atoms with E-state index in [2.05, 4.69) is 5.32 Å². The van der Waals surface area contributed by atoms with Crippen LogP contribution in [0.5, 0.6) is 5.75 Å². The number of benzene rings is 2. The molecule has 0 saturated carbocycles. The van der Waals surface area contributed by atoms with Gasteiger partial charge in [0.25, 0.3) is 0 Å². The molecule has 1 atom stereocenters. The second-order valence-electron chi connectivity index (χ2n) is 7.89. The first-order valence-electron chi connectivity index (χ1n) is 11.5. The number of ether oxygens (including phenoxy) is 1. The average molecular weight is 490 g/mol. The summed E-state index contributed by atoms with van der Waals surface area (Å²) < 4.78 is 32.1. The van der Waals surface area contributed by atoms with Crippen LogP contribution in [0.1, 0.15) is 39.2 Å². The number of carbonyl (C=O) groups excluding carboxylic acids is 2. The van der Waals surface area contributed by atoms with E-state index in [1.54, 1.807) is 31.2 Å². The Bertz CT molecular complexity index is 1040. The van der Waals surface area contributed by atoms with Gasteiger partial charge in [-0.15, -0.1) is 0 Å². The predicted molar refractivity (Wildman–Crippen MR) is 134 cm³/mol. The summed E-state index contributed by atoms with van der Waals surface area (Å²) >= 11 is 0. The minimum atomic E-state index is -3.82. The zero-order chi connectivity index (χ0) is 25.1. The Kier molecular flexibility index (Phi) is 10.4. The van der Waals surface area contributed by atoms with Crippen molar-refractivity contribution in [3.63, 3.8) is 0 Å². The van der Waals surface area contributed by atoms with Gasteiger partial charge in [0, 0.05) is 13.1 Å². The molecule has 0 fully saturated rings. The Balaban J connectivity index is 2.44. The van der Waals surface area contributed by atoms with Gasteiger partial charge in [0.05, 0.1) is 18.6 Å². The number of hydrogen-bond donors (Lipinski definition) is 1. The lowest BCUT2D eigenvalue weighted by Gasteiger charge is -2.33. The van der Waals surface area contributed by atoms with Gasteiger partial charge >= 0.3 is 0 Å². The van der Waals surface area contributed by atoms with Gasteiger partial charge in [0.2, 0.25) is 21.8 Å². The molecule has 0 bridgehead atoms. The molecule has 186 valence electrons. The topological polar surface area (TPSA) is 96.0 Å². The van der Waals surface area contributed by atoms with E-state index in [9.17, 15) is 18.0 Å². The van der Waals surface area contributed by atoms with Crippen molar-refractivity contribution in [2.75, 3.05) is 30.3 Å². The minimum Gasteiger partial charge on any atom is -0.492 e. The molecule has 2 aromatic carbocycles. The molecule has 2 amide bonds. The Hall–Kier alpha value is -3.07. The monoisotopic (exact) mass is 489 g/mol. The third-order valence-corrected chi connectivity index (χ3v) is 6.37. The van der Waals surface area contributed by atoms with Gasteiger partial charge in [-0.1, -0.05) is 56.3 Å². The van der Waals surface area contributed by atoms with E-state index in [0.717, 1.165) is 22.5 Å². The van der Waals surface area contributed by atoms with Gasteiger partial charge in [0.15, 0.2) is 0 Å². The molecular weight excluding hydrogens is 454 g/mol. The van der Waals surface area contributed by atoms with Crippen molar-refractivity contribution in [2.24, 2.45) is 0 Å². The molecule has 0 saturated heterocycles. The summed E-state index contributed by atoms with van der Waals surface area (Å²) in [6.07, 6.45) is 2.21. The SMILES string of the molecule is CCCNC(=O)[C@H](CC)N(Cc1ccccc1)C(=O)CN(c1ccccc1OCC)S(C)(=O)=O. The average Bonchev–Trinajstić information content (AvgIpc) is 2.81. The molecule has 9 heteroatoms. The number of sulfonamides is 1. The summed E-state index contributed by atoms with van der Waals surface area (Å²) in [5, 5.41) is 2.86. The fourth-order valence-electron chi connectivity index (χ4n) is 3.60. The van der Waals surface area contributed by atoms with E-state index in [1.165, 1.54) is 4.90 Å². The van der Waals surface area contributed by atoms with E-state index in [-0.39, 0.29) is 18.1 Å². The summed E-state index contributed by atoms with van der Waals surface area (Å²) in [5.41, 5.74) is 1.13. The second kappa shape index (κ2) is 13.0. The molecule has 2 aromatic rings. The molecule has 1 N–H and O–H groups in total. The number of rotatable bonds is 13. The quantitative estimate of drug-likeness (QED) is 0.466. The molecule has 0 aromatic heterocycles. The van der Waals surface area contributed by atoms with Gasteiger partial charge < -0.3 is 15.0 Å². The highest BCUT2D eigenvalue weighted by molar-refractivity contribution is 7.92. The lowest BCUT2D eigenvalue weighted by atomic mass is 10.1. The highest BCUT2D eigenvalue weighted by Crippen LogP contribution is 2.30. The van der Waals surface area contributed by atoms with Crippen molar-refractivity contribution < 1.29 is 22.7 Å². The number of hydrogen-bond acceptors (Lipinski definition) is 5. The molecule has 0 unspecified atom stereocenters. The predicted octanol–water partition coefficient (Wildman–Crippen LogP) is 3.18. The van der Waals surface area contributed by atoms with E-state index < -0.39 is 28.5 Å². The van der Waals surface area contributed by atoms with E-state index in [4.69, 9.17) is 4.74 Å². The Morgan fingerprint density at radius 2 is 1.65 bits per heavy atom. The van der Waals surface area contributed by atoms with Crippen LogP contribution in [0, 0.1) is 0 Å². The number of nitrogens with one attached hydrogen (secondary N) is 1. The van der Waals surface area contributed by atoms with Gasteiger partial charge in [-0.2, -0.15) is 0 Å². The van der Waals surface area contributed by atoms with Crippen LogP contribution in [-0.4, -0.2) is 57.1 Å². The summed E-state index contributed by atoms with van der Waals surface area (Å²) in [7, 11) is -3.82. The lowest BCUT2D eigenvalue weighted by Crippen LogP contribution is -2.52. The maximum absolute atomic E-state index is 13.6. The van der Waals surface area contributed by atoms with Crippen LogP contribution >= 0.6 is 0 Å². The lowest BCUT2D eigenvalue weighted by molar-refractivity contribution is -0.140. The van der Waals surface area contributed by atoms with Crippen LogP contribution in [0.3, 0.4) is 0 Å². The van der Waals surface area contributed by atoms with Gasteiger partial charge in [-0.25, -0.2) is 8.42 Å². The van der Waals surface area contributed by atoms with E-state index in [1.807, 2.05) is 44.2 Å². The number of para-hydroxylation sites is 2. The van der Waals surface area contributed by atoms with Crippen LogP contribution < -0.4 is 14.4 Å². The van der Waals surface area contributed by atoms with E-state index >= 15 is 0 Å². The van der Waals surface area contributed by atoms with Gasteiger partial charge in [-0.05, 0) is 37.5 Å². The van der Waals surface area contributed by atoms with Crippen LogP contribution in [0.15, 0.2) is 54.6 Å². The van der Waals surface area contributed by atoms with Crippen LogP contribution in [-0.2, 0) is 26.2 Å². The zero-order valence-electron chi connectivity index (χ0n) is 20.4. The first-order chi connectivity index (χ1) is 16.2. The number of anilines is 1. The number of amides is 2. The maximum atomic E-state index is 13.6. The van der Waals surface area contributed by atoms with Gasteiger partial charge in [-0.3, -0.25) is 13.9 Å². The molecular formula is C25H35N3O5S. The molecule has 2 rings (SSSR count). The summed E-state index contributed by atoms with van der Waals surface area (Å²) in [4.78, 5) is 28.0. The molecule has 0 radical (unpaired) electrons. The van der Waals surface area contributed by atoms with Gasteiger partial charge in [0.1, 0.15) is 18.3 Å². The maximum Gasteiger partial charge on any atom is 0.244 e. The first kappa shape index (κ1) is 27.2. The first-order valence-corrected chi connectivity index (χ1v) is 13.4. The molecule has 8 nitrogen and oxygen atoms in total. The van der Waals surface area contributed by atoms with Crippen LogP contribution in [0.2, 0.25) is 0 Å². The summed E-state index contributed by atoms with van der Waals surface area (Å²) in [6, 6.07) is 15.3. The molecule has 0 spiro atoms. The van der Waals surface area contributed by atoms with E-state index in [0.29, 0.717) is 25.3 Å².